The van der Waals surface area contributed by atoms with E-state index in [0.29, 0.717) is 12.1 Å². The van der Waals surface area contributed by atoms with Gasteiger partial charge in [0.15, 0.2) is 0 Å². The summed E-state index contributed by atoms with van der Waals surface area (Å²) in [6, 6.07) is 7.62. The Kier molecular flexibility index (Phi) is 5.20. The van der Waals surface area contributed by atoms with Crippen molar-refractivity contribution in [1.82, 2.24) is 5.32 Å². The number of rotatable bonds is 5. The van der Waals surface area contributed by atoms with E-state index >= 15 is 0 Å². The van der Waals surface area contributed by atoms with Gasteiger partial charge in [-0.05, 0) is 23.6 Å². The van der Waals surface area contributed by atoms with Gasteiger partial charge >= 0.3 is 0 Å². The van der Waals surface area contributed by atoms with Gasteiger partial charge in [-0.3, -0.25) is 4.79 Å². The molecule has 0 bridgehead atoms. The maximum absolute atomic E-state index is 12.0. The summed E-state index contributed by atoms with van der Waals surface area (Å²) >= 11 is 3.45. The van der Waals surface area contributed by atoms with Crippen LogP contribution < -0.4 is 10.2 Å². The molecule has 0 heterocycles. The minimum Gasteiger partial charge on any atom is -0.378 e. The van der Waals surface area contributed by atoms with Crippen LogP contribution in [0.4, 0.5) is 5.69 Å². The van der Waals surface area contributed by atoms with Crippen LogP contribution >= 0.6 is 15.9 Å². The first kappa shape index (κ1) is 15.0. The summed E-state index contributed by atoms with van der Waals surface area (Å²) in [5.41, 5.74) is 1.79. The van der Waals surface area contributed by atoms with E-state index in [4.69, 9.17) is 0 Å². The molecular formula is C14H21BrN2O. The first-order valence-electron chi connectivity index (χ1n) is 5.97. The van der Waals surface area contributed by atoms with Crippen molar-refractivity contribution in [3.63, 3.8) is 0 Å². The Balaban J connectivity index is 2.70. The predicted octanol–water partition coefficient (Wildman–Crippen LogP) is 2.90. The highest BCUT2D eigenvalue weighted by Crippen LogP contribution is 2.17. The molecule has 0 fully saturated rings. The number of hydrogen-bond donors (Lipinski definition) is 1. The highest BCUT2D eigenvalue weighted by Gasteiger charge is 2.17. The Morgan fingerprint density at radius 2 is 2.06 bits per heavy atom. The van der Waals surface area contributed by atoms with Gasteiger partial charge in [0.1, 0.15) is 0 Å². The zero-order valence-corrected chi connectivity index (χ0v) is 13.0. The molecule has 4 heteroatoms. The lowest BCUT2D eigenvalue weighted by Gasteiger charge is -2.22. The van der Waals surface area contributed by atoms with Crippen LogP contribution in [0.5, 0.6) is 0 Å². The molecule has 0 aliphatic carbocycles. The highest BCUT2D eigenvalue weighted by atomic mass is 79.9. The topological polar surface area (TPSA) is 32.3 Å². The summed E-state index contributed by atoms with van der Waals surface area (Å²) in [5.74, 6) is -0.0206. The molecule has 100 valence electrons. The quantitative estimate of drug-likeness (QED) is 0.848. The molecule has 0 saturated carbocycles. The number of nitrogens with zero attached hydrogens (tertiary/aromatic N) is 1. The van der Waals surface area contributed by atoms with Crippen LogP contribution in [-0.4, -0.2) is 31.9 Å². The van der Waals surface area contributed by atoms with E-state index in [1.54, 1.807) is 0 Å². The van der Waals surface area contributed by atoms with Crippen LogP contribution in [0.1, 0.15) is 24.2 Å². The van der Waals surface area contributed by atoms with E-state index in [-0.39, 0.29) is 11.3 Å². The first-order chi connectivity index (χ1) is 8.35. The van der Waals surface area contributed by atoms with Gasteiger partial charge in [0.2, 0.25) is 0 Å². The van der Waals surface area contributed by atoms with Gasteiger partial charge < -0.3 is 10.2 Å². The summed E-state index contributed by atoms with van der Waals surface area (Å²) in [6.07, 6.45) is 0. The molecule has 0 spiro atoms. The van der Waals surface area contributed by atoms with E-state index in [0.717, 1.165) is 11.0 Å². The molecular weight excluding hydrogens is 292 g/mol. The summed E-state index contributed by atoms with van der Waals surface area (Å²) < 4.78 is 0. The van der Waals surface area contributed by atoms with Crippen molar-refractivity contribution in [3.8, 4) is 0 Å². The average molecular weight is 313 g/mol. The number of alkyl halides is 1. The summed E-state index contributed by atoms with van der Waals surface area (Å²) in [6.45, 7) is 4.87. The molecule has 0 atom stereocenters. The lowest BCUT2D eigenvalue weighted by molar-refractivity contribution is 0.0940. The van der Waals surface area contributed by atoms with Crippen molar-refractivity contribution in [3.05, 3.63) is 29.8 Å². The van der Waals surface area contributed by atoms with Crippen LogP contribution in [0.25, 0.3) is 0 Å². The molecule has 1 amide bonds. The third-order valence-corrected chi connectivity index (χ3v) is 4.23. The van der Waals surface area contributed by atoms with Crippen molar-refractivity contribution in [1.29, 1.82) is 0 Å². The van der Waals surface area contributed by atoms with E-state index in [9.17, 15) is 4.79 Å². The lowest BCUT2D eigenvalue weighted by Crippen LogP contribution is -2.34. The fraction of sp³-hybridized carbons (Fsp3) is 0.500. The zero-order valence-electron chi connectivity index (χ0n) is 11.5. The summed E-state index contributed by atoms with van der Waals surface area (Å²) in [4.78, 5) is 14.0. The minimum atomic E-state index is -0.0206. The molecule has 1 aromatic rings. The van der Waals surface area contributed by atoms with Crippen molar-refractivity contribution in [2.75, 3.05) is 30.9 Å². The van der Waals surface area contributed by atoms with E-state index in [1.165, 1.54) is 0 Å². The van der Waals surface area contributed by atoms with Gasteiger partial charge in [-0.2, -0.15) is 0 Å². The van der Waals surface area contributed by atoms with Crippen molar-refractivity contribution < 1.29 is 4.79 Å². The van der Waals surface area contributed by atoms with Gasteiger partial charge in [0.05, 0.1) is 0 Å². The van der Waals surface area contributed by atoms with Crippen LogP contribution in [-0.2, 0) is 0 Å². The molecule has 1 N–H and O–H groups in total. The molecule has 3 nitrogen and oxygen atoms in total. The Bertz CT molecular complexity index is 416. The van der Waals surface area contributed by atoms with Crippen LogP contribution in [0, 0.1) is 5.41 Å². The van der Waals surface area contributed by atoms with E-state index in [1.807, 2.05) is 43.3 Å². The number of nitrogens with one attached hydrogen (secondary N) is 1. The fourth-order valence-corrected chi connectivity index (χ4v) is 1.59. The number of carbonyl (C=O) groups is 1. The lowest BCUT2D eigenvalue weighted by atomic mass is 9.97. The molecule has 1 rings (SSSR count). The monoisotopic (exact) mass is 312 g/mol. The smallest absolute Gasteiger partial charge is 0.251 e. The number of hydrogen-bond acceptors (Lipinski definition) is 2. The second kappa shape index (κ2) is 6.23. The Morgan fingerprint density at radius 3 is 2.61 bits per heavy atom. The van der Waals surface area contributed by atoms with Gasteiger partial charge in [-0.15, -0.1) is 0 Å². The second-order valence-corrected chi connectivity index (χ2v) is 5.99. The minimum absolute atomic E-state index is 0.0206. The third-order valence-electron chi connectivity index (χ3n) is 2.71. The Morgan fingerprint density at radius 1 is 1.39 bits per heavy atom. The second-order valence-electron chi connectivity index (χ2n) is 5.43. The number of carbonyl (C=O) groups excluding carboxylic acids is 1. The number of halogens is 1. The first-order valence-corrected chi connectivity index (χ1v) is 7.09. The number of amides is 1. The van der Waals surface area contributed by atoms with Crippen molar-refractivity contribution >= 4 is 27.5 Å². The SMILES string of the molecule is CN(C)c1cccc(C(=O)NCC(C)(C)CBr)c1. The predicted molar refractivity (Wildman–Crippen MR) is 80.7 cm³/mol. The van der Waals surface area contributed by atoms with Gasteiger partial charge in [0, 0.05) is 37.2 Å². The molecule has 0 unspecified atom stereocenters. The maximum atomic E-state index is 12.0. The molecule has 0 aliphatic heterocycles. The van der Waals surface area contributed by atoms with Crippen LogP contribution in [0.3, 0.4) is 0 Å². The standard InChI is InChI=1S/C14H21BrN2O/c1-14(2,9-15)10-16-13(18)11-6-5-7-12(8-11)17(3)4/h5-8H,9-10H2,1-4H3,(H,16,18). The molecule has 0 radical (unpaired) electrons. The van der Waals surface area contributed by atoms with Crippen LogP contribution in [0.2, 0.25) is 0 Å². The number of anilines is 1. The van der Waals surface area contributed by atoms with Crippen LogP contribution in [0.15, 0.2) is 24.3 Å². The van der Waals surface area contributed by atoms with Crippen molar-refractivity contribution in [2.45, 2.75) is 13.8 Å². The van der Waals surface area contributed by atoms with Crippen molar-refractivity contribution in [2.24, 2.45) is 5.41 Å². The van der Waals surface area contributed by atoms with Gasteiger partial charge in [-0.25, -0.2) is 0 Å². The molecule has 0 saturated heterocycles. The molecule has 0 aromatic heterocycles. The Labute approximate surface area is 118 Å². The average Bonchev–Trinajstić information content (AvgIpc) is 2.36. The fourth-order valence-electron chi connectivity index (χ4n) is 1.39. The Hall–Kier alpha value is -1.03. The van der Waals surface area contributed by atoms with Gasteiger partial charge in [-0.1, -0.05) is 35.8 Å². The number of benzene rings is 1. The summed E-state index contributed by atoms with van der Waals surface area (Å²) in [5, 5.41) is 3.83. The summed E-state index contributed by atoms with van der Waals surface area (Å²) in [7, 11) is 3.93. The van der Waals surface area contributed by atoms with Gasteiger partial charge in [0.25, 0.3) is 5.91 Å². The van der Waals surface area contributed by atoms with E-state index < -0.39 is 0 Å². The van der Waals surface area contributed by atoms with E-state index in [2.05, 4.69) is 35.1 Å². The molecule has 0 aliphatic rings. The highest BCUT2D eigenvalue weighted by molar-refractivity contribution is 9.09. The third kappa shape index (κ3) is 4.33. The largest absolute Gasteiger partial charge is 0.378 e. The maximum Gasteiger partial charge on any atom is 0.251 e. The zero-order chi connectivity index (χ0) is 13.8. The normalized spacial score (nSPS) is 11.2. The molecule has 1 aromatic carbocycles. The molecule has 18 heavy (non-hydrogen) atoms.